The smallest absolute Gasteiger partial charge is 0.251 e. The summed E-state index contributed by atoms with van der Waals surface area (Å²) in [6, 6.07) is 7.19. The topological polar surface area (TPSA) is 89.3 Å². The van der Waals surface area contributed by atoms with E-state index in [1.54, 1.807) is 41.4 Å². The molecular formula is C17H21N5O3. The summed E-state index contributed by atoms with van der Waals surface area (Å²) < 4.78 is 6.77. The van der Waals surface area contributed by atoms with Gasteiger partial charge >= 0.3 is 0 Å². The molecule has 1 atom stereocenters. The Bertz CT molecular complexity index is 714. The molecule has 0 spiro atoms. The molecule has 1 saturated heterocycles. The molecule has 2 heterocycles. The number of hydrogen-bond acceptors (Lipinski definition) is 5. The van der Waals surface area contributed by atoms with Gasteiger partial charge in [-0.3, -0.25) is 14.2 Å². The summed E-state index contributed by atoms with van der Waals surface area (Å²) in [4.78, 5) is 26.0. The van der Waals surface area contributed by atoms with Crippen LogP contribution >= 0.6 is 0 Å². The number of methoxy groups -OCH3 is 1. The van der Waals surface area contributed by atoms with Crippen LogP contribution in [0.2, 0.25) is 0 Å². The molecule has 1 fully saturated rings. The average Bonchev–Trinajstić information content (AvgIpc) is 3.28. The van der Waals surface area contributed by atoms with E-state index in [-0.39, 0.29) is 17.7 Å². The van der Waals surface area contributed by atoms with Crippen molar-refractivity contribution in [3.8, 4) is 5.69 Å². The zero-order valence-electron chi connectivity index (χ0n) is 14.1. The van der Waals surface area contributed by atoms with E-state index in [9.17, 15) is 9.59 Å². The van der Waals surface area contributed by atoms with Gasteiger partial charge in [0.05, 0.1) is 6.61 Å². The summed E-state index contributed by atoms with van der Waals surface area (Å²) >= 11 is 0. The van der Waals surface area contributed by atoms with E-state index in [0.717, 1.165) is 5.69 Å². The molecule has 8 heteroatoms. The van der Waals surface area contributed by atoms with Crippen LogP contribution in [0.1, 0.15) is 16.8 Å². The molecule has 25 heavy (non-hydrogen) atoms. The van der Waals surface area contributed by atoms with Gasteiger partial charge < -0.3 is 15.0 Å². The Labute approximate surface area is 145 Å². The summed E-state index contributed by atoms with van der Waals surface area (Å²) in [7, 11) is 1.62. The molecule has 2 aromatic rings. The first-order valence-corrected chi connectivity index (χ1v) is 8.17. The minimum atomic E-state index is -0.141. The van der Waals surface area contributed by atoms with Gasteiger partial charge in [0.2, 0.25) is 5.91 Å². The van der Waals surface area contributed by atoms with Crippen LogP contribution < -0.4 is 5.32 Å². The van der Waals surface area contributed by atoms with Crippen molar-refractivity contribution >= 4 is 11.8 Å². The molecule has 0 saturated carbocycles. The van der Waals surface area contributed by atoms with Gasteiger partial charge in [-0.25, -0.2) is 0 Å². The van der Waals surface area contributed by atoms with Gasteiger partial charge in [0.15, 0.2) is 0 Å². The van der Waals surface area contributed by atoms with E-state index < -0.39 is 0 Å². The number of amides is 2. The predicted octanol–water partition coefficient (Wildman–Crippen LogP) is 0.492. The molecule has 0 radical (unpaired) electrons. The lowest BCUT2D eigenvalue weighted by Crippen LogP contribution is -2.32. The Morgan fingerprint density at radius 3 is 2.68 bits per heavy atom. The summed E-state index contributed by atoms with van der Waals surface area (Å²) in [6.07, 6.45) is 3.67. The molecule has 132 valence electrons. The zero-order chi connectivity index (χ0) is 17.6. The summed E-state index contributed by atoms with van der Waals surface area (Å²) in [5.74, 6) is 0.122. The quantitative estimate of drug-likeness (QED) is 0.790. The molecule has 1 aromatic heterocycles. The standard InChI is InChI=1S/C17H21N5O3/c1-25-7-6-21-10-13(8-16(21)23)9-18-17(24)14-2-4-15(5-3-14)22-11-19-20-12-22/h2-5,11-13H,6-10H2,1H3,(H,18,24)/t13-/m0/s1. The minimum absolute atomic E-state index is 0.120. The highest BCUT2D eigenvalue weighted by Gasteiger charge is 2.29. The lowest BCUT2D eigenvalue weighted by Gasteiger charge is -2.16. The van der Waals surface area contributed by atoms with Gasteiger partial charge in [-0.2, -0.15) is 0 Å². The molecule has 1 aliphatic heterocycles. The normalized spacial score (nSPS) is 17.1. The van der Waals surface area contributed by atoms with Crippen LogP contribution in [0.25, 0.3) is 5.69 Å². The molecular weight excluding hydrogens is 322 g/mol. The molecule has 8 nitrogen and oxygen atoms in total. The predicted molar refractivity (Wildman–Crippen MR) is 90.3 cm³/mol. The average molecular weight is 343 g/mol. The summed E-state index contributed by atoms with van der Waals surface area (Å²) in [5.41, 5.74) is 1.47. The highest BCUT2D eigenvalue weighted by atomic mass is 16.5. The number of benzene rings is 1. The number of aromatic nitrogens is 3. The third kappa shape index (κ3) is 4.21. The van der Waals surface area contributed by atoms with E-state index in [1.807, 2.05) is 12.1 Å². The van der Waals surface area contributed by atoms with Crippen molar-refractivity contribution in [2.75, 3.05) is 33.4 Å². The number of nitrogens with zero attached hydrogens (tertiary/aromatic N) is 4. The van der Waals surface area contributed by atoms with E-state index in [0.29, 0.717) is 38.2 Å². The zero-order valence-corrected chi connectivity index (χ0v) is 14.1. The maximum absolute atomic E-state index is 12.3. The van der Waals surface area contributed by atoms with Crippen molar-refractivity contribution in [2.24, 2.45) is 5.92 Å². The van der Waals surface area contributed by atoms with Gasteiger partial charge in [0.25, 0.3) is 5.91 Å². The fraction of sp³-hybridized carbons (Fsp3) is 0.412. The fourth-order valence-electron chi connectivity index (χ4n) is 2.87. The number of nitrogens with one attached hydrogen (secondary N) is 1. The van der Waals surface area contributed by atoms with Crippen LogP contribution in [-0.2, 0) is 9.53 Å². The number of rotatable bonds is 7. The Balaban J connectivity index is 1.50. The van der Waals surface area contributed by atoms with Gasteiger partial charge in [0.1, 0.15) is 12.7 Å². The van der Waals surface area contributed by atoms with Crippen molar-refractivity contribution < 1.29 is 14.3 Å². The number of ether oxygens (including phenoxy) is 1. The molecule has 1 aliphatic rings. The van der Waals surface area contributed by atoms with Crippen molar-refractivity contribution in [2.45, 2.75) is 6.42 Å². The van der Waals surface area contributed by atoms with Gasteiger partial charge in [0, 0.05) is 50.3 Å². The molecule has 1 aromatic carbocycles. The molecule has 0 bridgehead atoms. The van der Waals surface area contributed by atoms with Crippen LogP contribution in [-0.4, -0.2) is 64.8 Å². The number of carbonyl (C=O) groups is 2. The Morgan fingerprint density at radius 2 is 2.00 bits per heavy atom. The Kier molecular flexibility index (Phi) is 5.39. The Hall–Kier alpha value is -2.74. The second-order valence-electron chi connectivity index (χ2n) is 6.03. The molecule has 0 aliphatic carbocycles. The maximum atomic E-state index is 12.3. The van der Waals surface area contributed by atoms with Crippen LogP contribution in [0.3, 0.4) is 0 Å². The largest absolute Gasteiger partial charge is 0.383 e. The summed E-state index contributed by atoms with van der Waals surface area (Å²) in [5, 5.41) is 10.4. The van der Waals surface area contributed by atoms with Gasteiger partial charge in [-0.15, -0.1) is 10.2 Å². The number of likely N-dealkylation sites (tertiary alicyclic amines) is 1. The first-order valence-electron chi connectivity index (χ1n) is 8.17. The molecule has 1 N–H and O–H groups in total. The van der Waals surface area contributed by atoms with E-state index >= 15 is 0 Å². The van der Waals surface area contributed by atoms with E-state index in [4.69, 9.17) is 4.74 Å². The van der Waals surface area contributed by atoms with Crippen molar-refractivity contribution in [3.63, 3.8) is 0 Å². The minimum Gasteiger partial charge on any atom is -0.383 e. The third-order valence-corrected chi connectivity index (χ3v) is 4.26. The lowest BCUT2D eigenvalue weighted by molar-refractivity contribution is -0.128. The van der Waals surface area contributed by atoms with Crippen LogP contribution in [0, 0.1) is 5.92 Å². The second kappa shape index (κ2) is 7.89. The SMILES string of the molecule is COCCN1C[C@H](CNC(=O)c2ccc(-n3cnnc3)cc2)CC1=O. The molecule has 3 rings (SSSR count). The van der Waals surface area contributed by atoms with Crippen molar-refractivity contribution in [1.82, 2.24) is 25.0 Å². The Morgan fingerprint density at radius 1 is 1.28 bits per heavy atom. The molecule has 2 amide bonds. The van der Waals surface area contributed by atoms with Crippen molar-refractivity contribution in [3.05, 3.63) is 42.5 Å². The summed E-state index contributed by atoms with van der Waals surface area (Å²) in [6.45, 7) is 2.28. The van der Waals surface area contributed by atoms with Gasteiger partial charge in [-0.05, 0) is 24.3 Å². The number of hydrogen-bond donors (Lipinski definition) is 1. The van der Waals surface area contributed by atoms with Crippen LogP contribution in [0.4, 0.5) is 0 Å². The highest BCUT2D eigenvalue weighted by Crippen LogP contribution is 2.17. The van der Waals surface area contributed by atoms with Crippen molar-refractivity contribution in [1.29, 1.82) is 0 Å². The monoisotopic (exact) mass is 343 g/mol. The van der Waals surface area contributed by atoms with Crippen LogP contribution in [0.5, 0.6) is 0 Å². The highest BCUT2D eigenvalue weighted by molar-refractivity contribution is 5.94. The van der Waals surface area contributed by atoms with Gasteiger partial charge in [-0.1, -0.05) is 0 Å². The maximum Gasteiger partial charge on any atom is 0.251 e. The molecule has 0 unspecified atom stereocenters. The van der Waals surface area contributed by atoms with Crippen LogP contribution in [0.15, 0.2) is 36.9 Å². The second-order valence-corrected chi connectivity index (χ2v) is 6.03. The first-order chi connectivity index (χ1) is 12.2. The number of carbonyl (C=O) groups excluding carboxylic acids is 2. The first kappa shape index (κ1) is 17.1. The lowest BCUT2D eigenvalue weighted by atomic mass is 10.1. The van der Waals surface area contributed by atoms with E-state index in [1.165, 1.54) is 0 Å². The fourth-order valence-corrected chi connectivity index (χ4v) is 2.87. The van der Waals surface area contributed by atoms with E-state index in [2.05, 4.69) is 15.5 Å². The third-order valence-electron chi connectivity index (χ3n) is 4.26.